The van der Waals surface area contributed by atoms with Crippen LogP contribution < -0.4 is 5.32 Å². The van der Waals surface area contributed by atoms with Crippen LogP contribution >= 0.6 is 0 Å². The van der Waals surface area contributed by atoms with Crippen molar-refractivity contribution in [2.45, 2.75) is 88.9 Å². The number of ether oxygens (including phenoxy) is 1. The van der Waals surface area contributed by atoms with Gasteiger partial charge in [-0.2, -0.15) is 0 Å². The van der Waals surface area contributed by atoms with Crippen molar-refractivity contribution < 1.29 is 24.4 Å². The van der Waals surface area contributed by atoms with Crippen LogP contribution in [0.25, 0.3) is 0 Å². The van der Waals surface area contributed by atoms with Crippen LogP contribution in [0.3, 0.4) is 0 Å². The number of amides is 1. The first-order chi connectivity index (χ1) is 19.3. The number of non-ortho nitro benzene ring substituents is 1. The minimum atomic E-state index is -0.701. The van der Waals surface area contributed by atoms with E-state index in [0.29, 0.717) is 18.0 Å². The maximum atomic E-state index is 12.9. The number of carboxylic acid groups (broad SMARTS) is 1. The maximum absolute atomic E-state index is 12.9. The molecular weight excluding hydrogens is 512 g/mol. The molecule has 3 fully saturated rings. The Morgan fingerprint density at radius 2 is 1.82 bits per heavy atom. The highest BCUT2D eigenvalue weighted by atomic mass is 16.6. The SMILES string of the molecule is C=CCN(C(=O)OCc1ccc([N+](=O)[O-])cc1)C1CCN(C[C@@H]2CCC(NC(C(=O)O)C3CCCCC3)C2)CC1. The van der Waals surface area contributed by atoms with Gasteiger partial charge in [-0.05, 0) is 74.5 Å². The van der Waals surface area contributed by atoms with E-state index in [0.717, 1.165) is 77.4 Å². The van der Waals surface area contributed by atoms with Gasteiger partial charge in [-0.25, -0.2) is 4.79 Å². The second-order valence-electron chi connectivity index (χ2n) is 11.7. The molecule has 1 amide bonds. The van der Waals surface area contributed by atoms with Crippen molar-refractivity contribution >= 4 is 17.7 Å². The highest BCUT2D eigenvalue weighted by molar-refractivity contribution is 5.74. The Labute approximate surface area is 236 Å². The second-order valence-corrected chi connectivity index (χ2v) is 11.7. The van der Waals surface area contributed by atoms with Gasteiger partial charge < -0.3 is 25.0 Å². The van der Waals surface area contributed by atoms with Gasteiger partial charge >= 0.3 is 12.1 Å². The summed E-state index contributed by atoms with van der Waals surface area (Å²) in [4.78, 5) is 39.5. The summed E-state index contributed by atoms with van der Waals surface area (Å²) in [6.07, 6.45) is 11.7. The molecule has 10 heteroatoms. The molecule has 1 aromatic carbocycles. The van der Waals surface area contributed by atoms with Crippen molar-refractivity contribution in [3.63, 3.8) is 0 Å². The van der Waals surface area contributed by atoms with Crippen LogP contribution in [-0.2, 0) is 16.1 Å². The minimum Gasteiger partial charge on any atom is -0.480 e. The van der Waals surface area contributed by atoms with Crippen molar-refractivity contribution in [3.8, 4) is 0 Å². The van der Waals surface area contributed by atoms with E-state index in [-0.39, 0.29) is 30.3 Å². The molecule has 0 spiro atoms. The lowest BCUT2D eigenvalue weighted by molar-refractivity contribution is -0.384. The quantitative estimate of drug-likeness (QED) is 0.210. The highest BCUT2D eigenvalue weighted by Gasteiger charge is 2.35. The molecule has 1 heterocycles. The molecule has 10 nitrogen and oxygen atoms in total. The largest absolute Gasteiger partial charge is 0.480 e. The molecule has 0 aromatic heterocycles. The summed E-state index contributed by atoms with van der Waals surface area (Å²) >= 11 is 0. The van der Waals surface area contributed by atoms with E-state index in [1.807, 2.05) is 0 Å². The van der Waals surface area contributed by atoms with E-state index in [1.54, 1.807) is 23.1 Å². The van der Waals surface area contributed by atoms with Crippen molar-refractivity contribution in [1.29, 1.82) is 0 Å². The molecule has 2 saturated carbocycles. The summed E-state index contributed by atoms with van der Waals surface area (Å²) in [7, 11) is 0. The zero-order valence-corrected chi connectivity index (χ0v) is 23.4. The summed E-state index contributed by atoms with van der Waals surface area (Å²) in [5.74, 6) is 0.113. The lowest BCUT2D eigenvalue weighted by Gasteiger charge is -2.38. The zero-order valence-electron chi connectivity index (χ0n) is 23.4. The first-order valence-corrected chi connectivity index (χ1v) is 14.8. The topological polar surface area (TPSA) is 125 Å². The van der Waals surface area contributed by atoms with E-state index < -0.39 is 23.0 Å². The average molecular weight is 557 g/mol. The average Bonchev–Trinajstić information content (AvgIpc) is 3.41. The third-order valence-electron chi connectivity index (χ3n) is 8.93. The summed E-state index contributed by atoms with van der Waals surface area (Å²) in [6, 6.07) is 5.94. The molecule has 1 saturated heterocycles. The Morgan fingerprint density at radius 1 is 1.12 bits per heavy atom. The number of aliphatic carboxylic acids is 1. The van der Waals surface area contributed by atoms with Crippen LogP contribution in [0.15, 0.2) is 36.9 Å². The summed E-state index contributed by atoms with van der Waals surface area (Å²) < 4.78 is 5.54. The Bertz CT molecular complexity index is 1000. The number of nitro benzene ring substituents is 1. The monoisotopic (exact) mass is 556 g/mol. The molecule has 2 aliphatic carbocycles. The smallest absolute Gasteiger partial charge is 0.410 e. The van der Waals surface area contributed by atoms with Gasteiger partial charge in [0.15, 0.2) is 0 Å². The number of carbonyl (C=O) groups is 2. The molecule has 0 bridgehead atoms. The number of nitrogens with zero attached hydrogens (tertiary/aromatic N) is 3. The van der Waals surface area contributed by atoms with Crippen molar-refractivity contribution in [1.82, 2.24) is 15.1 Å². The summed E-state index contributed by atoms with van der Waals surface area (Å²) in [5, 5.41) is 24.2. The van der Waals surface area contributed by atoms with E-state index in [2.05, 4.69) is 16.8 Å². The normalized spacial score (nSPS) is 23.4. The molecule has 1 aliphatic heterocycles. The Balaban J connectivity index is 1.20. The fraction of sp³-hybridized carbons (Fsp3) is 0.667. The van der Waals surface area contributed by atoms with Crippen molar-refractivity contribution in [3.05, 3.63) is 52.6 Å². The molecule has 3 atom stereocenters. The summed E-state index contributed by atoms with van der Waals surface area (Å²) in [5.41, 5.74) is 0.702. The van der Waals surface area contributed by atoms with Gasteiger partial charge in [-0.15, -0.1) is 6.58 Å². The highest BCUT2D eigenvalue weighted by Crippen LogP contribution is 2.31. The number of hydrogen-bond donors (Lipinski definition) is 2. The lowest BCUT2D eigenvalue weighted by Crippen LogP contribution is -2.49. The molecule has 4 rings (SSSR count). The van der Waals surface area contributed by atoms with Crippen LogP contribution in [-0.4, -0.2) is 76.2 Å². The number of rotatable bonds is 12. The van der Waals surface area contributed by atoms with Gasteiger partial charge in [0.1, 0.15) is 12.6 Å². The minimum absolute atomic E-state index is 0.00316. The molecule has 2 unspecified atom stereocenters. The van der Waals surface area contributed by atoms with E-state index in [1.165, 1.54) is 18.6 Å². The Morgan fingerprint density at radius 3 is 2.45 bits per heavy atom. The summed E-state index contributed by atoms with van der Waals surface area (Å²) in [6.45, 7) is 7.10. The third kappa shape index (κ3) is 8.27. The Kier molecular flexibility index (Phi) is 10.9. The van der Waals surface area contributed by atoms with Gasteiger partial charge in [0.2, 0.25) is 0 Å². The van der Waals surface area contributed by atoms with Crippen LogP contribution in [0.5, 0.6) is 0 Å². The fourth-order valence-electron chi connectivity index (χ4n) is 6.75. The van der Waals surface area contributed by atoms with E-state index in [9.17, 15) is 24.8 Å². The molecule has 1 aromatic rings. The predicted octanol–water partition coefficient (Wildman–Crippen LogP) is 4.98. The number of hydrogen-bond acceptors (Lipinski definition) is 7. The number of likely N-dealkylation sites (tertiary alicyclic amines) is 1. The number of carbonyl (C=O) groups excluding carboxylic acids is 1. The number of benzene rings is 1. The van der Waals surface area contributed by atoms with E-state index >= 15 is 0 Å². The molecule has 220 valence electrons. The van der Waals surface area contributed by atoms with Crippen LogP contribution in [0.2, 0.25) is 0 Å². The molecular formula is C30H44N4O6. The lowest BCUT2D eigenvalue weighted by atomic mass is 9.83. The first-order valence-electron chi connectivity index (χ1n) is 14.8. The number of nitrogens with one attached hydrogen (secondary N) is 1. The fourth-order valence-corrected chi connectivity index (χ4v) is 6.75. The number of nitro groups is 1. The molecule has 3 aliphatic rings. The van der Waals surface area contributed by atoms with Gasteiger partial charge in [0.05, 0.1) is 4.92 Å². The van der Waals surface area contributed by atoms with Crippen LogP contribution in [0.1, 0.15) is 69.8 Å². The van der Waals surface area contributed by atoms with E-state index in [4.69, 9.17) is 4.74 Å². The third-order valence-corrected chi connectivity index (χ3v) is 8.93. The van der Waals surface area contributed by atoms with Gasteiger partial charge in [-0.1, -0.05) is 25.3 Å². The van der Waals surface area contributed by atoms with Gasteiger partial charge in [0.25, 0.3) is 5.69 Å². The molecule has 40 heavy (non-hydrogen) atoms. The van der Waals surface area contributed by atoms with Gasteiger partial charge in [0, 0.05) is 50.4 Å². The van der Waals surface area contributed by atoms with Crippen LogP contribution in [0.4, 0.5) is 10.5 Å². The second kappa shape index (κ2) is 14.6. The predicted molar refractivity (Wildman–Crippen MR) is 152 cm³/mol. The maximum Gasteiger partial charge on any atom is 0.410 e. The van der Waals surface area contributed by atoms with Gasteiger partial charge in [-0.3, -0.25) is 14.9 Å². The zero-order chi connectivity index (χ0) is 28.5. The first kappa shape index (κ1) is 30.0. The Hall–Kier alpha value is -2.98. The number of carboxylic acids is 1. The van der Waals surface area contributed by atoms with Crippen molar-refractivity contribution in [2.24, 2.45) is 11.8 Å². The van der Waals surface area contributed by atoms with Crippen molar-refractivity contribution in [2.75, 3.05) is 26.2 Å². The van der Waals surface area contributed by atoms with Crippen LogP contribution in [0, 0.1) is 22.0 Å². The number of piperidine rings is 1. The molecule has 2 N–H and O–H groups in total. The standard InChI is InChI=1S/C30H44N4O6/c1-2-16-33(30(37)40-21-22-9-12-27(13-10-22)34(38)39)26-14-17-32(18-15-26)20-23-8-11-25(19-23)31-28(29(35)36)24-6-4-3-5-7-24/h2,9-10,12-13,23-26,28,31H,1,3-8,11,14-21H2,(H,35,36)/t23-,25?,28?/m1/s1. The molecule has 0 radical (unpaired) electrons.